The van der Waals surface area contributed by atoms with Crippen LogP contribution in [0.1, 0.15) is 24.8 Å². The van der Waals surface area contributed by atoms with Gasteiger partial charge in [-0.3, -0.25) is 4.79 Å². The topological polar surface area (TPSA) is 62.1 Å². The summed E-state index contributed by atoms with van der Waals surface area (Å²) in [7, 11) is 0. The van der Waals surface area contributed by atoms with E-state index in [1.165, 1.54) is 0 Å². The van der Waals surface area contributed by atoms with Crippen LogP contribution in [0.4, 0.5) is 5.69 Å². The van der Waals surface area contributed by atoms with Crippen molar-refractivity contribution in [2.45, 2.75) is 19.3 Å². The van der Waals surface area contributed by atoms with Crippen LogP contribution in [0.5, 0.6) is 5.75 Å². The molecule has 1 atom stereocenters. The Balaban J connectivity index is 2.33. The molecule has 1 aromatic rings. The average molecular weight is 216 g/mol. The molecule has 4 heteroatoms. The fourth-order valence-electron chi connectivity index (χ4n) is 1.71. The highest BCUT2D eigenvalue weighted by Gasteiger charge is 2.17. The Bertz CT molecular complexity index is 463. The molecule has 1 aromatic carbocycles. The Morgan fingerprint density at radius 2 is 2.44 bits per heavy atom. The van der Waals surface area contributed by atoms with Gasteiger partial charge in [0.05, 0.1) is 17.7 Å². The van der Waals surface area contributed by atoms with Crippen molar-refractivity contribution in [3.63, 3.8) is 0 Å². The van der Waals surface area contributed by atoms with Gasteiger partial charge in [0.2, 0.25) is 0 Å². The first-order valence-corrected chi connectivity index (χ1v) is 5.20. The monoisotopic (exact) mass is 216 g/mol. The highest BCUT2D eigenvalue weighted by Crippen LogP contribution is 2.31. The molecule has 4 nitrogen and oxygen atoms in total. The predicted octanol–water partition coefficient (Wildman–Crippen LogP) is 2.03. The zero-order valence-corrected chi connectivity index (χ0v) is 8.99. The van der Waals surface area contributed by atoms with Crippen molar-refractivity contribution in [1.82, 2.24) is 0 Å². The summed E-state index contributed by atoms with van der Waals surface area (Å²) >= 11 is 0. The fraction of sp³-hybridized carbons (Fsp3) is 0.333. The minimum absolute atomic E-state index is 0.0415. The molecule has 1 heterocycles. The van der Waals surface area contributed by atoms with Crippen LogP contribution in [-0.4, -0.2) is 12.5 Å². The second kappa shape index (κ2) is 4.23. The van der Waals surface area contributed by atoms with Gasteiger partial charge in [0, 0.05) is 0 Å². The highest BCUT2D eigenvalue weighted by atomic mass is 16.5. The van der Waals surface area contributed by atoms with E-state index in [4.69, 9.17) is 10.00 Å². The van der Waals surface area contributed by atoms with Crippen LogP contribution in [0.2, 0.25) is 0 Å². The lowest BCUT2D eigenvalue weighted by Crippen LogP contribution is -2.25. The standard InChI is InChI=1S/C12H12N2O2/c1-2-8(6-13)9-3-4-10-11(5-9)16-7-12(15)14-10/h3-5,8H,2,7H2,1H3,(H,14,15). The van der Waals surface area contributed by atoms with Crippen LogP contribution in [0.25, 0.3) is 0 Å². The smallest absolute Gasteiger partial charge is 0.262 e. The number of ether oxygens (including phenoxy) is 1. The number of amides is 1. The number of fused-ring (bicyclic) bond motifs is 1. The number of nitrogens with one attached hydrogen (secondary N) is 1. The van der Waals surface area contributed by atoms with Gasteiger partial charge in [-0.15, -0.1) is 0 Å². The zero-order valence-electron chi connectivity index (χ0n) is 8.99. The Kier molecular flexibility index (Phi) is 2.78. The van der Waals surface area contributed by atoms with E-state index in [0.29, 0.717) is 11.4 Å². The molecule has 0 saturated carbocycles. The van der Waals surface area contributed by atoms with E-state index < -0.39 is 0 Å². The number of carbonyl (C=O) groups excluding carboxylic acids is 1. The number of anilines is 1. The molecule has 1 amide bonds. The van der Waals surface area contributed by atoms with Crippen molar-refractivity contribution >= 4 is 11.6 Å². The van der Waals surface area contributed by atoms with Crippen LogP contribution in [0.3, 0.4) is 0 Å². The summed E-state index contributed by atoms with van der Waals surface area (Å²) in [5.41, 5.74) is 1.60. The minimum Gasteiger partial charge on any atom is -0.482 e. The quantitative estimate of drug-likeness (QED) is 0.822. The predicted molar refractivity (Wildman–Crippen MR) is 59.2 cm³/mol. The molecule has 0 fully saturated rings. The minimum atomic E-state index is -0.146. The van der Waals surface area contributed by atoms with E-state index in [-0.39, 0.29) is 18.4 Å². The average Bonchev–Trinajstić information content (AvgIpc) is 2.31. The fourth-order valence-corrected chi connectivity index (χ4v) is 1.71. The van der Waals surface area contributed by atoms with E-state index >= 15 is 0 Å². The Hall–Kier alpha value is -2.02. The molecule has 16 heavy (non-hydrogen) atoms. The molecule has 82 valence electrons. The SMILES string of the molecule is CCC(C#N)c1ccc2c(c1)OCC(=O)N2. The lowest BCUT2D eigenvalue weighted by Gasteiger charge is -2.19. The van der Waals surface area contributed by atoms with Gasteiger partial charge in [-0.1, -0.05) is 13.0 Å². The number of hydrogen-bond acceptors (Lipinski definition) is 3. The Labute approximate surface area is 93.8 Å². The summed E-state index contributed by atoms with van der Waals surface area (Å²) in [4.78, 5) is 11.1. The summed E-state index contributed by atoms with van der Waals surface area (Å²) in [6.07, 6.45) is 0.766. The van der Waals surface area contributed by atoms with Gasteiger partial charge in [-0.25, -0.2) is 0 Å². The molecule has 1 aliphatic heterocycles. The van der Waals surface area contributed by atoms with Gasteiger partial charge in [-0.05, 0) is 24.1 Å². The van der Waals surface area contributed by atoms with Crippen LogP contribution in [0.15, 0.2) is 18.2 Å². The van der Waals surface area contributed by atoms with Gasteiger partial charge >= 0.3 is 0 Å². The van der Waals surface area contributed by atoms with Gasteiger partial charge in [-0.2, -0.15) is 5.26 Å². The molecule has 0 spiro atoms. The number of nitriles is 1. The molecule has 0 bridgehead atoms. The molecule has 0 aromatic heterocycles. The van der Waals surface area contributed by atoms with Crippen LogP contribution in [0, 0.1) is 11.3 Å². The third-order valence-electron chi connectivity index (χ3n) is 2.60. The number of hydrogen-bond donors (Lipinski definition) is 1. The van der Waals surface area contributed by atoms with Crippen molar-refractivity contribution in [1.29, 1.82) is 5.26 Å². The third kappa shape index (κ3) is 1.84. The maximum absolute atomic E-state index is 11.1. The van der Waals surface area contributed by atoms with Crippen molar-refractivity contribution in [2.24, 2.45) is 0 Å². The van der Waals surface area contributed by atoms with Crippen LogP contribution >= 0.6 is 0 Å². The first-order valence-electron chi connectivity index (χ1n) is 5.20. The van der Waals surface area contributed by atoms with Gasteiger partial charge < -0.3 is 10.1 Å². The molecule has 1 aliphatic rings. The van der Waals surface area contributed by atoms with Crippen molar-refractivity contribution in [2.75, 3.05) is 11.9 Å². The number of rotatable bonds is 2. The molecule has 2 rings (SSSR count). The highest BCUT2D eigenvalue weighted by molar-refractivity contribution is 5.95. The summed E-state index contributed by atoms with van der Waals surface area (Å²) < 4.78 is 5.29. The molecule has 0 saturated heterocycles. The summed E-state index contributed by atoms with van der Waals surface area (Å²) in [5.74, 6) is 0.380. The summed E-state index contributed by atoms with van der Waals surface area (Å²) in [6, 6.07) is 7.70. The van der Waals surface area contributed by atoms with Crippen molar-refractivity contribution in [3.8, 4) is 11.8 Å². The zero-order chi connectivity index (χ0) is 11.5. The van der Waals surface area contributed by atoms with Crippen molar-refractivity contribution in [3.05, 3.63) is 23.8 Å². The number of benzene rings is 1. The first kappa shape index (κ1) is 10.5. The largest absolute Gasteiger partial charge is 0.482 e. The summed E-state index contributed by atoms with van der Waals surface area (Å²) in [6.45, 7) is 2.01. The van der Waals surface area contributed by atoms with E-state index in [2.05, 4.69) is 11.4 Å². The molecular weight excluding hydrogens is 204 g/mol. The number of nitrogens with zero attached hydrogens (tertiary/aromatic N) is 1. The number of carbonyl (C=O) groups is 1. The maximum Gasteiger partial charge on any atom is 0.262 e. The van der Waals surface area contributed by atoms with E-state index in [1.807, 2.05) is 19.1 Å². The summed E-state index contributed by atoms with van der Waals surface area (Å²) in [5, 5.41) is 11.7. The third-order valence-corrected chi connectivity index (χ3v) is 2.60. The van der Waals surface area contributed by atoms with Gasteiger partial charge in [0.25, 0.3) is 5.91 Å². The lowest BCUT2D eigenvalue weighted by atomic mass is 9.97. The Morgan fingerprint density at radius 1 is 1.62 bits per heavy atom. The van der Waals surface area contributed by atoms with Crippen LogP contribution in [-0.2, 0) is 4.79 Å². The molecule has 1 unspecified atom stereocenters. The molecular formula is C12H12N2O2. The van der Waals surface area contributed by atoms with Crippen LogP contribution < -0.4 is 10.1 Å². The van der Waals surface area contributed by atoms with E-state index in [9.17, 15) is 4.79 Å². The van der Waals surface area contributed by atoms with Crippen molar-refractivity contribution < 1.29 is 9.53 Å². The second-order valence-electron chi connectivity index (χ2n) is 3.68. The second-order valence-corrected chi connectivity index (χ2v) is 3.68. The van der Waals surface area contributed by atoms with Gasteiger partial charge in [0.15, 0.2) is 6.61 Å². The maximum atomic E-state index is 11.1. The normalized spacial score (nSPS) is 15.4. The van der Waals surface area contributed by atoms with E-state index in [1.54, 1.807) is 6.07 Å². The molecule has 0 radical (unpaired) electrons. The lowest BCUT2D eigenvalue weighted by molar-refractivity contribution is -0.118. The van der Waals surface area contributed by atoms with E-state index in [0.717, 1.165) is 12.0 Å². The molecule has 0 aliphatic carbocycles. The van der Waals surface area contributed by atoms with Gasteiger partial charge in [0.1, 0.15) is 5.75 Å². The molecule has 1 N–H and O–H groups in total. The Morgan fingerprint density at radius 3 is 3.12 bits per heavy atom. The first-order chi connectivity index (χ1) is 7.74.